The molecule has 1 saturated heterocycles. The number of esters is 1. The topological polar surface area (TPSA) is 51.5 Å². The maximum Gasteiger partial charge on any atom is 0.340 e. The van der Waals surface area contributed by atoms with E-state index < -0.39 is 5.97 Å². The van der Waals surface area contributed by atoms with Crippen LogP contribution in [0.5, 0.6) is 0 Å². The normalized spacial score (nSPS) is 14.8. The number of hydrogen-bond donors (Lipinski definition) is 0. The van der Waals surface area contributed by atoms with Crippen molar-refractivity contribution < 1.29 is 14.3 Å². The van der Waals surface area contributed by atoms with Crippen LogP contribution in [-0.4, -0.2) is 41.0 Å². The van der Waals surface area contributed by atoms with Crippen LogP contribution >= 0.6 is 0 Å². The molecule has 2 heterocycles. The van der Waals surface area contributed by atoms with E-state index in [9.17, 15) is 9.59 Å². The van der Waals surface area contributed by atoms with E-state index in [1.54, 1.807) is 0 Å². The van der Waals surface area contributed by atoms with Crippen molar-refractivity contribution in [3.63, 3.8) is 0 Å². The Hall–Kier alpha value is -2.56. The molecule has 0 radical (unpaired) electrons. The van der Waals surface area contributed by atoms with E-state index in [4.69, 9.17) is 4.74 Å². The van der Waals surface area contributed by atoms with Gasteiger partial charge in [-0.2, -0.15) is 0 Å². The van der Waals surface area contributed by atoms with Gasteiger partial charge in [-0.05, 0) is 44.9 Å². The summed E-state index contributed by atoms with van der Waals surface area (Å²) in [6.07, 6.45) is 4.37. The zero-order valence-electron chi connectivity index (χ0n) is 15.5. The smallest absolute Gasteiger partial charge is 0.340 e. The molecule has 0 saturated carbocycles. The average molecular weight is 354 g/mol. The van der Waals surface area contributed by atoms with Crippen LogP contribution in [0.1, 0.15) is 47.4 Å². The molecule has 5 heteroatoms. The molecule has 1 aromatic heterocycles. The van der Waals surface area contributed by atoms with Crippen LogP contribution in [0.3, 0.4) is 0 Å². The Morgan fingerprint density at radius 2 is 1.65 bits per heavy atom. The summed E-state index contributed by atoms with van der Waals surface area (Å²) in [5, 5.41) is 0. The third-order valence-electron chi connectivity index (χ3n) is 4.95. The molecule has 1 aliphatic heterocycles. The van der Waals surface area contributed by atoms with E-state index in [0.29, 0.717) is 5.56 Å². The van der Waals surface area contributed by atoms with Gasteiger partial charge in [0.1, 0.15) is 0 Å². The molecule has 0 bridgehead atoms. The van der Waals surface area contributed by atoms with Gasteiger partial charge in [-0.25, -0.2) is 4.79 Å². The summed E-state index contributed by atoms with van der Waals surface area (Å²) in [5.74, 6) is -0.541. The lowest BCUT2D eigenvalue weighted by atomic mass is 10.2. The van der Waals surface area contributed by atoms with Gasteiger partial charge in [0.15, 0.2) is 6.61 Å². The van der Waals surface area contributed by atoms with Crippen LogP contribution in [0.2, 0.25) is 0 Å². The predicted octanol–water partition coefficient (Wildman–Crippen LogP) is 3.65. The molecule has 1 aromatic carbocycles. The number of para-hydroxylation sites is 1. The molecule has 1 fully saturated rings. The van der Waals surface area contributed by atoms with Crippen LogP contribution in [-0.2, 0) is 9.53 Å². The third kappa shape index (κ3) is 3.98. The molecule has 0 N–H and O–H groups in total. The quantitative estimate of drug-likeness (QED) is 0.788. The summed E-state index contributed by atoms with van der Waals surface area (Å²) < 4.78 is 7.35. The lowest BCUT2D eigenvalue weighted by Gasteiger charge is -2.19. The Morgan fingerprint density at radius 3 is 2.31 bits per heavy atom. The maximum absolute atomic E-state index is 12.5. The maximum atomic E-state index is 12.5. The van der Waals surface area contributed by atoms with Gasteiger partial charge in [0.05, 0.1) is 5.56 Å². The van der Waals surface area contributed by atoms with Crippen LogP contribution in [0.15, 0.2) is 36.4 Å². The lowest BCUT2D eigenvalue weighted by Crippen LogP contribution is -2.35. The fourth-order valence-electron chi connectivity index (χ4n) is 3.56. The highest BCUT2D eigenvalue weighted by Crippen LogP contribution is 2.21. The van der Waals surface area contributed by atoms with Crippen molar-refractivity contribution in [3.05, 3.63) is 53.3 Å². The number of amides is 1. The van der Waals surface area contributed by atoms with Gasteiger partial charge >= 0.3 is 5.97 Å². The van der Waals surface area contributed by atoms with Gasteiger partial charge in [-0.15, -0.1) is 0 Å². The number of benzene rings is 1. The summed E-state index contributed by atoms with van der Waals surface area (Å²) >= 11 is 0. The van der Waals surface area contributed by atoms with E-state index in [-0.39, 0.29) is 12.5 Å². The van der Waals surface area contributed by atoms with Crippen molar-refractivity contribution in [2.75, 3.05) is 19.7 Å². The van der Waals surface area contributed by atoms with Crippen LogP contribution < -0.4 is 0 Å². The standard InChI is InChI=1S/C21H26N2O3/c1-16-14-19(17(2)23(16)18-10-6-5-7-11-18)21(25)26-15-20(24)22-12-8-3-4-9-13-22/h5-7,10-11,14H,3-4,8-9,12-13,15H2,1-2H3. The number of carbonyl (C=O) groups excluding carboxylic acids is 2. The van der Waals surface area contributed by atoms with Gasteiger partial charge in [0.25, 0.3) is 5.91 Å². The molecule has 138 valence electrons. The largest absolute Gasteiger partial charge is 0.452 e. The number of rotatable bonds is 4. The first-order valence-corrected chi connectivity index (χ1v) is 9.27. The number of carbonyl (C=O) groups is 2. The minimum atomic E-state index is -0.441. The minimum Gasteiger partial charge on any atom is -0.452 e. The number of hydrogen-bond acceptors (Lipinski definition) is 3. The second kappa shape index (κ2) is 8.21. The number of ether oxygens (including phenoxy) is 1. The van der Waals surface area contributed by atoms with Gasteiger partial charge in [0, 0.05) is 30.2 Å². The fourth-order valence-corrected chi connectivity index (χ4v) is 3.56. The van der Waals surface area contributed by atoms with Crippen LogP contribution in [0.25, 0.3) is 5.69 Å². The van der Waals surface area contributed by atoms with Gasteiger partial charge < -0.3 is 14.2 Å². The molecular formula is C21H26N2O3. The summed E-state index contributed by atoms with van der Waals surface area (Å²) in [6, 6.07) is 11.7. The first-order chi connectivity index (χ1) is 12.6. The summed E-state index contributed by atoms with van der Waals surface area (Å²) in [6.45, 7) is 5.19. The third-order valence-corrected chi connectivity index (χ3v) is 4.95. The first kappa shape index (κ1) is 18.2. The zero-order valence-corrected chi connectivity index (χ0v) is 15.5. The Morgan fingerprint density at radius 1 is 1.00 bits per heavy atom. The van der Waals surface area contributed by atoms with Gasteiger partial charge in [0.2, 0.25) is 0 Å². The number of aromatic nitrogens is 1. The van der Waals surface area contributed by atoms with E-state index in [0.717, 1.165) is 55.8 Å². The number of nitrogens with zero attached hydrogens (tertiary/aromatic N) is 2. The average Bonchev–Trinajstić information content (AvgIpc) is 2.83. The lowest BCUT2D eigenvalue weighted by molar-refractivity contribution is -0.134. The van der Waals surface area contributed by atoms with Crippen molar-refractivity contribution in [1.82, 2.24) is 9.47 Å². The second-order valence-corrected chi connectivity index (χ2v) is 6.83. The van der Waals surface area contributed by atoms with Gasteiger partial charge in [-0.1, -0.05) is 31.0 Å². The Labute approximate surface area is 154 Å². The molecule has 5 nitrogen and oxygen atoms in total. The predicted molar refractivity (Wildman–Crippen MR) is 101 cm³/mol. The highest BCUT2D eigenvalue weighted by atomic mass is 16.5. The van der Waals surface area contributed by atoms with Crippen molar-refractivity contribution in [2.24, 2.45) is 0 Å². The van der Waals surface area contributed by atoms with Crippen molar-refractivity contribution in [1.29, 1.82) is 0 Å². The molecule has 2 aromatic rings. The summed E-state index contributed by atoms with van der Waals surface area (Å²) in [7, 11) is 0. The highest BCUT2D eigenvalue weighted by Gasteiger charge is 2.21. The molecule has 1 amide bonds. The zero-order chi connectivity index (χ0) is 18.5. The monoisotopic (exact) mass is 354 g/mol. The number of likely N-dealkylation sites (tertiary alicyclic amines) is 1. The highest BCUT2D eigenvalue weighted by molar-refractivity contribution is 5.93. The SMILES string of the molecule is Cc1cc(C(=O)OCC(=O)N2CCCCCC2)c(C)n1-c1ccccc1. The van der Waals surface area contributed by atoms with E-state index in [1.165, 1.54) is 0 Å². The van der Waals surface area contributed by atoms with Crippen molar-refractivity contribution >= 4 is 11.9 Å². The molecular weight excluding hydrogens is 328 g/mol. The summed E-state index contributed by atoms with van der Waals surface area (Å²) in [4.78, 5) is 26.6. The molecule has 1 aliphatic rings. The number of aryl methyl sites for hydroxylation is 1. The molecule has 0 spiro atoms. The Bertz CT molecular complexity index is 772. The van der Waals surface area contributed by atoms with E-state index >= 15 is 0 Å². The van der Waals surface area contributed by atoms with Crippen LogP contribution in [0.4, 0.5) is 0 Å². The molecule has 0 unspecified atom stereocenters. The second-order valence-electron chi connectivity index (χ2n) is 6.83. The fraction of sp³-hybridized carbons (Fsp3) is 0.429. The van der Waals surface area contributed by atoms with Gasteiger partial charge in [-0.3, -0.25) is 4.79 Å². The van der Waals surface area contributed by atoms with Crippen LogP contribution in [0, 0.1) is 13.8 Å². The van der Waals surface area contributed by atoms with Crippen molar-refractivity contribution in [2.45, 2.75) is 39.5 Å². The molecule has 3 rings (SSSR count). The molecule has 0 aliphatic carbocycles. The van der Waals surface area contributed by atoms with Crippen molar-refractivity contribution in [3.8, 4) is 5.69 Å². The molecule has 26 heavy (non-hydrogen) atoms. The first-order valence-electron chi connectivity index (χ1n) is 9.27. The Kier molecular flexibility index (Phi) is 5.76. The minimum absolute atomic E-state index is 0.0999. The summed E-state index contributed by atoms with van der Waals surface area (Å²) in [5.41, 5.74) is 3.29. The van der Waals surface area contributed by atoms with E-state index in [1.807, 2.05) is 59.7 Å². The van der Waals surface area contributed by atoms with E-state index in [2.05, 4.69) is 0 Å². The molecule has 0 atom stereocenters. The Balaban J connectivity index is 1.68.